The Bertz CT molecular complexity index is 882. The highest BCUT2D eigenvalue weighted by Gasteiger charge is 2.09. The molecule has 3 rings (SSSR count). The summed E-state index contributed by atoms with van der Waals surface area (Å²) in [6, 6.07) is 28.1. The Morgan fingerprint density at radius 1 is 0.931 bits per heavy atom. The largest absolute Gasteiger partial charge is 0.494 e. The van der Waals surface area contributed by atoms with E-state index in [0.29, 0.717) is 6.61 Å². The zero-order valence-corrected chi connectivity index (χ0v) is 16.8. The maximum Gasteiger partial charge on any atom is 0.239 e. The van der Waals surface area contributed by atoms with Crippen molar-refractivity contribution < 1.29 is 9.53 Å². The van der Waals surface area contributed by atoms with Crippen molar-refractivity contribution in [3.05, 3.63) is 96.1 Å². The van der Waals surface area contributed by atoms with Crippen LogP contribution >= 0.6 is 0 Å². The van der Waals surface area contributed by atoms with E-state index in [9.17, 15) is 4.79 Å². The van der Waals surface area contributed by atoms with E-state index in [1.165, 1.54) is 5.56 Å². The third-order valence-corrected chi connectivity index (χ3v) is 4.69. The number of nitrogens with one attached hydrogen (secondary N) is 2. The minimum Gasteiger partial charge on any atom is -0.494 e. The molecule has 0 aromatic heterocycles. The first-order valence-corrected chi connectivity index (χ1v) is 10.1. The van der Waals surface area contributed by atoms with E-state index in [4.69, 9.17) is 4.74 Å². The SMILES string of the molecule is CC(NC(=O)CNc1cccc(OCCCc2ccccc2)c1)c1ccccc1. The molecule has 1 atom stereocenters. The molecule has 1 amide bonds. The molecule has 4 nitrogen and oxygen atoms in total. The molecule has 0 saturated carbocycles. The van der Waals surface area contributed by atoms with Gasteiger partial charge in [0.2, 0.25) is 5.91 Å². The van der Waals surface area contributed by atoms with Crippen LogP contribution in [0.2, 0.25) is 0 Å². The van der Waals surface area contributed by atoms with Gasteiger partial charge in [0.25, 0.3) is 0 Å². The molecule has 1 unspecified atom stereocenters. The Morgan fingerprint density at radius 2 is 1.66 bits per heavy atom. The van der Waals surface area contributed by atoms with E-state index in [1.54, 1.807) is 0 Å². The standard InChI is InChI=1S/C25H28N2O2/c1-20(22-13-6-3-7-14-22)27-25(28)19-26-23-15-8-16-24(18-23)29-17-9-12-21-10-4-2-5-11-21/h2-8,10-11,13-16,18,20,26H,9,12,17,19H2,1H3,(H,27,28). The second-order valence-electron chi connectivity index (χ2n) is 7.02. The van der Waals surface area contributed by atoms with Crippen molar-refractivity contribution in [3.8, 4) is 5.75 Å². The average molecular weight is 389 g/mol. The molecule has 0 radical (unpaired) electrons. The van der Waals surface area contributed by atoms with Crippen LogP contribution in [0.3, 0.4) is 0 Å². The summed E-state index contributed by atoms with van der Waals surface area (Å²) in [7, 11) is 0. The summed E-state index contributed by atoms with van der Waals surface area (Å²) in [6.45, 7) is 2.86. The van der Waals surface area contributed by atoms with Crippen LogP contribution in [0.5, 0.6) is 5.75 Å². The van der Waals surface area contributed by atoms with Crippen LogP contribution in [0.15, 0.2) is 84.9 Å². The number of hydrogen-bond acceptors (Lipinski definition) is 3. The molecule has 0 bridgehead atoms. The van der Waals surface area contributed by atoms with Gasteiger partial charge in [-0.2, -0.15) is 0 Å². The van der Waals surface area contributed by atoms with Gasteiger partial charge in [0.1, 0.15) is 5.75 Å². The number of aryl methyl sites for hydroxylation is 1. The van der Waals surface area contributed by atoms with Crippen LogP contribution in [-0.2, 0) is 11.2 Å². The minimum absolute atomic E-state index is 0.0233. The Kier molecular flexibility index (Phi) is 7.70. The first kappa shape index (κ1) is 20.5. The zero-order chi connectivity index (χ0) is 20.3. The molecule has 3 aromatic carbocycles. The van der Waals surface area contributed by atoms with Crippen LogP contribution in [0.4, 0.5) is 5.69 Å². The van der Waals surface area contributed by atoms with Crippen LogP contribution in [0.1, 0.15) is 30.5 Å². The molecular formula is C25H28N2O2. The van der Waals surface area contributed by atoms with Crippen molar-refractivity contribution in [2.24, 2.45) is 0 Å². The monoisotopic (exact) mass is 388 g/mol. The van der Waals surface area contributed by atoms with E-state index in [2.05, 4.69) is 34.9 Å². The number of rotatable bonds is 10. The van der Waals surface area contributed by atoms with Gasteiger partial charge in [-0.15, -0.1) is 0 Å². The summed E-state index contributed by atoms with van der Waals surface area (Å²) in [6.07, 6.45) is 1.96. The summed E-state index contributed by atoms with van der Waals surface area (Å²) >= 11 is 0. The summed E-state index contributed by atoms with van der Waals surface area (Å²) < 4.78 is 5.86. The Balaban J connectivity index is 1.40. The fraction of sp³-hybridized carbons (Fsp3) is 0.240. The summed E-state index contributed by atoms with van der Waals surface area (Å²) in [5, 5.41) is 6.17. The molecule has 29 heavy (non-hydrogen) atoms. The second kappa shape index (κ2) is 10.9. The molecule has 2 N–H and O–H groups in total. The van der Waals surface area contributed by atoms with Crippen molar-refractivity contribution in [1.82, 2.24) is 5.32 Å². The highest BCUT2D eigenvalue weighted by molar-refractivity contribution is 5.81. The van der Waals surface area contributed by atoms with Gasteiger partial charge in [0.15, 0.2) is 0 Å². The number of anilines is 1. The van der Waals surface area contributed by atoms with Gasteiger partial charge in [-0.1, -0.05) is 66.7 Å². The smallest absolute Gasteiger partial charge is 0.239 e. The number of ether oxygens (including phenoxy) is 1. The highest BCUT2D eigenvalue weighted by atomic mass is 16.5. The lowest BCUT2D eigenvalue weighted by Crippen LogP contribution is -2.32. The van der Waals surface area contributed by atoms with E-state index >= 15 is 0 Å². The lowest BCUT2D eigenvalue weighted by Gasteiger charge is -2.15. The van der Waals surface area contributed by atoms with Crippen LogP contribution in [0, 0.1) is 0 Å². The molecule has 0 spiro atoms. The maximum atomic E-state index is 12.2. The first-order valence-electron chi connectivity index (χ1n) is 10.1. The predicted molar refractivity (Wildman–Crippen MR) is 118 cm³/mol. The predicted octanol–water partition coefficient (Wildman–Crippen LogP) is 4.99. The Hall–Kier alpha value is -3.27. The maximum absolute atomic E-state index is 12.2. The normalized spacial score (nSPS) is 11.5. The third-order valence-electron chi connectivity index (χ3n) is 4.69. The van der Waals surface area contributed by atoms with Crippen LogP contribution < -0.4 is 15.4 Å². The number of amides is 1. The van der Waals surface area contributed by atoms with Gasteiger partial charge >= 0.3 is 0 Å². The van der Waals surface area contributed by atoms with Crippen molar-refractivity contribution in [1.29, 1.82) is 0 Å². The summed E-state index contributed by atoms with van der Waals surface area (Å²) in [5.41, 5.74) is 3.28. The lowest BCUT2D eigenvalue weighted by atomic mass is 10.1. The van der Waals surface area contributed by atoms with Crippen molar-refractivity contribution in [2.45, 2.75) is 25.8 Å². The quantitative estimate of drug-likeness (QED) is 0.481. The molecule has 3 aromatic rings. The first-order chi connectivity index (χ1) is 14.2. The molecule has 150 valence electrons. The molecule has 0 saturated heterocycles. The van der Waals surface area contributed by atoms with Crippen molar-refractivity contribution >= 4 is 11.6 Å². The van der Waals surface area contributed by atoms with E-state index in [1.807, 2.05) is 67.6 Å². The molecule has 4 heteroatoms. The number of carbonyl (C=O) groups is 1. The number of hydrogen-bond donors (Lipinski definition) is 2. The highest BCUT2D eigenvalue weighted by Crippen LogP contribution is 2.18. The summed E-state index contributed by atoms with van der Waals surface area (Å²) in [4.78, 5) is 12.2. The molecule has 0 heterocycles. The van der Waals surface area contributed by atoms with E-state index < -0.39 is 0 Å². The molecular weight excluding hydrogens is 360 g/mol. The Labute approximate surface area is 172 Å². The topological polar surface area (TPSA) is 50.4 Å². The molecule has 0 fully saturated rings. The molecule has 0 aliphatic carbocycles. The fourth-order valence-electron chi connectivity index (χ4n) is 3.11. The van der Waals surface area contributed by atoms with Gasteiger partial charge in [-0.05, 0) is 43.0 Å². The number of carbonyl (C=O) groups excluding carboxylic acids is 1. The van der Waals surface area contributed by atoms with Crippen molar-refractivity contribution in [3.63, 3.8) is 0 Å². The Morgan fingerprint density at radius 3 is 2.41 bits per heavy atom. The van der Waals surface area contributed by atoms with E-state index in [0.717, 1.165) is 29.8 Å². The minimum atomic E-state index is -0.0458. The second-order valence-corrected chi connectivity index (χ2v) is 7.02. The molecule has 0 aliphatic rings. The van der Waals surface area contributed by atoms with Gasteiger partial charge in [-0.3, -0.25) is 4.79 Å². The lowest BCUT2D eigenvalue weighted by molar-refractivity contribution is -0.120. The zero-order valence-electron chi connectivity index (χ0n) is 16.8. The molecule has 0 aliphatic heterocycles. The average Bonchev–Trinajstić information content (AvgIpc) is 2.77. The van der Waals surface area contributed by atoms with Gasteiger partial charge < -0.3 is 15.4 Å². The fourth-order valence-corrected chi connectivity index (χ4v) is 3.11. The van der Waals surface area contributed by atoms with Crippen LogP contribution in [0.25, 0.3) is 0 Å². The van der Waals surface area contributed by atoms with E-state index in [-0.39, 0.29) is 18.5 Å². The number of benzene rings is 3. The van der Waals surface area contributed by atoms with Crippen LogP contribution in [-0.4, -0.2) is 19.1 Å². The summed E-state index contributed by atoms with van der Waals surface area (Å²) in [5.74, 6) is 0.761. The van der Waals surface area contributed by atoms with Gasteiger partial charge in [-0.25, -0.2) is 0 Å². The van der Waals surface area contributed by atoms with Crippen molar-refractivity contribution in [2.75, 3.05) is 18.5 Å². The van der Waals surface area contributed by atoms with Gasteiger partial charge in [0, 0.05) is 11.8 Å². The third kappa shape index (κ3) is 7.00. The van der Waals surface area contributed by atoms with Gasteiger partial charge in [0.05, 0.1) is 19.2 Å².